The number of nitrogens with two attached hydrogens (primary N) is 1. The highest BCUT2D eigenvalue weighted by Gasteiger charge is 2.11. The van der Waals surface area contributed by atoms with Gasteiger partial charge in [0.2, 0.25) is 0 Å². The predicted molar refractivity (Wildman–Crippen MR) is 85.9 cm³/mol. The molecule has 0 aliphatic rings. The molecule has 20 heavy (non-hydrogen) atoms. The zero-order chi connectivity index (χ0) is 14.1. The summed E-state index contributed by atoms with van der Waals surface area (Å²) in [6.07, 6.45) is 0. The molecule has 0 saturated heterocycles. The largest absolute Gasteiger partial charge is 0.320 e. The summed E-state index contributed by atoms with van der Waals surface area (Å²) in [6.45, 7) is 4.24. The molecule has 1 unspecified atom stereocenters. The normalized spacial score (nSPS) is 12.6. The first-order valence-electron chi connectivity index (χ1n) is 6.96. The van der Waals surface area contributed by atoms with E-state index in [2.05, 4.69) is 74.5 Å². The van der Waals surface area contributed by atoms with Crippen molar-refractivity contribution in [1.82, 2.24) is 0 Å². The van der Waals surface area contributed by atoms with Gasteiger partial charge in [0.15, 0.2) is 0 Å². The molecule has 0 fully saturated rings. The summed E-state index contributed by atoms with van der Waals surface area (Å²) in [5.41, 5.74) is 11.4. The minimum Gasteiger partial charge on any atom is -0.320 e. The first kappa shape index (κ1) is 12.9. The second-order valence-corrected chi connectivity index (χ2v) is 5.44. The third-order valence-electron chi connectivity index (χ3n) is 3.89. The van der Waals surface area contributed by atoms with Gasteiger partial charge in [0, 0.05) is 0 Å². The second-order valence-electron chi connectivity index (χ2n) is 5.44. The second kappa shape index (κ2) is 5.10. The van der Waals surface area contributed by atoms with Crippen LogP contribution in [0.3, 0.4) is 0 Å². The quantitative estimate of drug-likeness (QED) is 0.722. The van der Waals surface area contributed by atoms with Gasteiger partial charge in [-0.2, -0.15) is 0 Å². The van der Waals surface area contributed by atoms with Gasteiger partial charge < -0.3 is 5.73 Å². The molecule has 0 amide bonds. The number of rotatable bonds is 2. The van der Waals surface area contributed by atoms with Crippen LogP contribution in [0.5, 0.6) is 0 Å². The smallest absolute Gasteiger partial charge is 0.0554 e. The zero-order valence-corrected chi connectivity index (χ0v) is 11.9. The van der Waals surface area contributed by atoms with Gasteiger partial charge in [-0.3, -0.25) is 0 Å². The van der Waals surface area contributed by atoms with Crippen molar-refractivity contribution >= 4 is 10.8 Å². The third-order valence-corrected chi connectivity index (χ3v) is 3.89. The lowest BCUT2D eigenvalue weighted by molar-refractivity contribution is 0.862. The van der Waals surface area contributed by atoms with Crippen LogP contribution < -0.4 is 5.73 Å². The maximum Gasteiger partial charge on any atom is 0.0554 e. The highest BCUT2D eigenvalue weighted by Crippen LogP contribution is 2.26. The Bertz CT molecular complexity index is 759. The highest BCUT2D eigenvalue weighted by molar-refractivity contribution is 5.83. The number of benzene rings is 3. The van der Waals surface area contributed by atoms with E-state index in [9.17, 15) is 0 Å². The van der Waals surface area contributed by atoms with Crippen LogP contribution in [0.25, 0.3) is 10.8 Å². The third kappa shape index (κ3) is 2.33. The van der Waals surface area contributed by atoms with Crippen LogP contribution in [-0.2, 0) is 0 Å². The maximum absolute atomic E-state index is 6.46. The fourth-order valence-electron chi connectivity index (χ4n) is 2.76. The molecule has 0 aliphatic heterocycles. The standard InChI is InChI=1S/C19H19N/c1-13-7-10-18(14(2)11-13)19(20)17-9-8-15-5-3-4-6-16(15)12-17/h3-12,19H,20H2,1-2H3. The Hall–Kier alpha value is -2.12. The van der Waals surface area contributed by atoms with Crippen molar-refractivity contribution in [1.29, 1.82) is 0 Å². The Morgan fingerprint density at radius 2 is 1.55 bits per heavy atom. The molecule has 3 aromatic carbocycles. The van der Waals surface area contributed by atoms with Crippen molar-refractivity contribution in [2.24, 2.45) is 5.73 Å². The number of aryl methyl sites for hydroxylation is 2. The van der Waals surface area contributed by atoms with Crippen molar-refractivity contribution in [3.8, 4) is 0 Å². The molecule has 0 aliphatic carbocycles. The lowest BCUT2D eigenvalue weighted by Gasteiger charge is -2.16. The molecule has 3 rings (SSSR count). The van der Waals surface area contributed by atoms with Crippen LogP contribution in [-0.4, -0.2) is 0 Å². The summed E-state index contributed by atoms with van der Waals surface area (Å²) in [4.78, 5) is 0. The van der Waals surface area contributed by atoms with Gasteiger partial charge in [0.25, 0.3) is 0 Å². The summed E-state index contributed by atoms with van der Waals surface area (Å²) in [5, 5.41) is 2.49. The minimum atomic E-state index is -0.0693. The van der Waals surface area contributed by atoms with Gasteiger partial charge in [-0.1, -0.05) is 60.2 Å². The number of hydrogen-bond acceptors (Lipinski definition) is 1. The van der Waals surface area contributed by atoms with E-state index >= 15 is 0 Å². The molecule has 0 bridgehead atoms. The maximum atomic E-state index is 6.46. The molecule has 0 saturated carbocycles. The van der Waals surface area contributed by atoms with Crippen molar-refractivity contribution in [3.63, 3.8) is 0 Å². The van der Waals surface area contributed by atoms with Gasteiger partial charge in [-0.15, -0.1) is 0 Å². The molecule has 0 aromatic heterocycles. The Kier molecular flexibility index (Phi) is 3.29. The first-order valence-corrected chi connectivity index (χ1v) is 6.96. The van der Waals surface area contributed by atoms with E-state index in [1.165, 1.54) is 27.5 Å². The SMILES string of the molecule is Cc1ccc(C(N)c2ccc3ccccc3c2)c(C)c1. The molecule has 3 aromatic rings. The summed E-state index contributed by atoms with van der Waals surface area (Å²) in [6, 6.07) is 21.2. The Morgan fingerprint density at radius 1 is 0.800 bits per heavy atom. The van der Waals surface area contributed by atoms with E-state index in [1.54, 1.807) is 0 Å². The van der Waals surface area contributed by atoms with Crippen LogP contribution >= 0.6 is 0 Å². The first-order chi connectivity index (χ1) is 9.65. The van der Waals surface area contributed by atoms with E-state index < -0.39 is 0 Å². The molecule has 1 atom stereocenters. The average Bonchev–Trinajstić information content (AvgIpc) is 2.46. The highest BCUT2D eigenvalue weighted by atomic mass is 14.6. The number of fused-ring (bicyclic) bond motifs is 1. The van der Waals surface area contributed by atoms with Crippen LogP contribution in [0.2, 0.25) is 0 Å². The summed E-state index contributed by atoms with van der Waals surface area (Å²) >= 11 is 0. The van der Waals surface area contributed by atoms with Crippen molar-refractivity contribution < 1.29 is 0 Å². The summed E-state index contributed by atoms with van der Waals surface area (Å²) in [7, 11) is 0. The Morgan fingerprint density at radius 3 is 2.30 bits per heavy atom. The molecule has 2 N–H and O–H groups in total. The van der Waals surface area contributed by atoms with Crippen LogP contribution in [0.1, 0.15) is 28.3 Å². The molecule has 1 nitrogen and oxygen atoms in total. The van der Waals surface area contributed by atoms with Crippen LogP contribution in [0.4, 0.5) is 0 Å². The lowest BCUT2D eigenvalue weighted by atomic mass is 9.93. The fourth-order valence-corrected chi connectivity index (χ4v) is 2.76. The van der Waals surface area contributed by atoms with Crippen molar-refractivity contribution in [2.75, 3.05) is 0 Å². The Labute approximate surface area is 120 Å². The average molecular weight is 261 g/mol. The molecule has 0 radical (unpaired) electrons. The molecular weight excluding hydrogens is 242 g/mol. The van der Waals surface area contributed by atoms with E-state index in [-0.39, 0.29) is 6.04 Å². The molecule has 0 spiro atoms. The Balaban J connectivity index is 2.05. The van der Waals surface area contributed by atoms with Gasteiger partial charge in [-0.05, 0) is 47.4 Å². The van der Waals surface area contributed by atoms with Gasteiger partial charge in [-0.25, -0.2) is 0 Å². The lowest BCUT2D eigenvalue weighted by Crippen LogP contribution is -2.13. The van der Waals surface area contributed by atoms with Gasteiger partial charge in [0.05, 0.1) is 6.04 Å². The fraction of sp³-hybridized carbons (Fsp3) is 0.158. The molecule has 1 heteroatoms. The van der Waals surface area contributed by atoms with Gasteiger partial charge in [0.1, 0.15) is 0 Å². The van der Waals surface area contributed by atoms with E-state index in [0.717, 1.165) is 5.56 Å². The zero-order valence-electron chi connectivity index (χ0n) is 11.9. The van der Waals surface area contributed by atoms with E-state index in [0.29, 0.717) is 0 Å². The van der Waals surface area contributed by atoms with E-state index in [1.807, 2.05) is 0 Å². The van der Waals surface area contributed by atoms with Crippen LogP contribution in [0, 0.1) is 13.8 Å². The number of hydrogen-bond donors (Lipinski definition) is 1. The summed E-state index contributed by atoms with van der Waals surface area (Å²) < 4.78 is 0. The van der Waals surface area contributed by atoms with Crippen molar-refractivity contribution in [3.05, 3.63) is 82.9 Å². The minimum absolute atomic E-state index is 0.0693. The molecular formula is C19H19N. The molecule has 0 heterocycles. The van der Waals surface area contributed by atoms with Gasteiger partial charge >= 0.3 is 0 Å². The van der Waals surface area contributed by atoms with Crippen molar-refractivity contribution in [2.45, 2.75) is 19.9 Å². The van der Waals surface area contributed by atoms with E-state index in [4.69, 9.17) is 5.73 Å². The topological polar surface area (TPSA) is 26.0 Å². The summed E-state index contributed by atoms with van der Waals surface area (Å²) in [5.74, 6) is 0. The molecule has 100 valence electrons. The van der Waals surface area contributed by atoms with Crippen LogP contribution in [0.15, 0.2) is 60.7 Å². The predicted octanol–water partition coefficient (Wildman–Crippen LogP) is 4.50. The monoisotopic (exact) mass is 261 g/mol.